The van der Waals surface area contributed by atoms with E-state index in [0.29, 0.717) is 23.9 Å². The van der Waals surface area contributed by atoms with Gasteiger partial charge in [-0.05, 0) is 64.2 Å². The molecular formula is C48H82NO8P. The molecule has 10 heteroatoms. The number of phosphoric acid groups is 1. The van der Waals surface area contributed by atoms with E-state index in [4.69, 9.17) is 18.5 Å². The highest BCUT2D eigenvalue weighted by Crippen LogP contribution is 2.38. The van der Waals surface area contributed by atoms with Crippen LogP contribution < -0.4 is 4.89 Å². The van der Waals surface area contributed by atoms with E-state index in [1.807, 2.05) is 39.4 Å². The Morgan fingerprint density at radius 3 is 1.48 bits per heavy atom. The van der Waals surface area contributed by atoms with Crippen molar-refractivity contribution in [2.45, 2.75) is 161 Å². The van der Waals surface area contributed by atoms with Crippen LogP contribution in [0.2, 0.25) is 0 Å². The molecule has 0 saturated heterocycles. The summed E-state index contributed by atoms with van der Waals surface area (Å²) < 4.78 is 33.7. The molecule has 0 rings (SSSR count). The van der Waals surface area contributed by atoms with E-state index in [-0.39, 0.29) is 26.1 Å². The number of likely N-dealkylation sites (N-methyl/N-ethyl adjacent to an activating group) is 1. The van der Waals surface area contributed by atoms with Gasteiger partial charge in [0.1, 0.15) is 19.8 Å². The molecule has 2 atom stereocenters. The van der Waals surface area contributed by atoms with Gasteiger partial charge in [0, 0.05) is 12.8 Å². The predicted octanol–water partition coefficient (Wildman–Crippen LogP) is 12.2. The number of rotatable bonds is 39. The van der Waals surface area contributed by atoms with Gasteiger partial charge in [0.15, 0.2) is 6.10 Å². The summed E-state index contributed by atoms with van der Waals surface area (Å²) in [5.41, 5.74) is 0. The molecule has 0 N–H and O–H groups in total. The Morgan fingerprint density at radius 1 is 0.552 bits per heavy atom. The van der Waals surface area contributed by atoms with Crippen LogP contribution >= 0.6 is 7.82 Å². The maximum atomic E-state index is 12.6. The second-order valence-electron chi connectivity index (χ2n) is 15.7. The minimum Gasteiger partial charge on any atom is -0.756 e. The average molecular weight is 832 g/mol. The van der Waals surface area contributed by atoms with E-state index < -0.39 is 32.5 Å². The van der Waals surface area contributed by atoms with Gasteiger partial charge >= 0.3 is 11.9 Å². The van der Waals surface area contributed by atoms with Gasteiger partial charge in [-0.1, -0.05) is 163 Å². The molecule has 0 amide bonds. The minimum absolute atomic E-state index is 0.0531. The molecule has 0 aliphatic carbocycles. The van der Waals surface area contributed by atoms with Crippen molar-refractivity contribution in [1.29, 1.82) is 0 Å². The molecule has 0 aromatic heterocycles. The molecule has 0 fully saturated rings. The van der Waals surface area contributed by atoms with Gasteiger partial charge in [-0.15, -0.1) is 0 Å². The number of unbranched alkanes of at least 4 members (excludes halogenated alkanes) is 11. The smallest absolute Gasteiger partial charge is 0.306 e. The third-order valence-electron chi connectivity index (χ3n) is 8.93. The Balaban J connectivity index is 4.54. The Bertz CT molecular complexity index is 1260. The van der Waals surface area contributed by atoms with Gasteiger partial charge in [-0.3, -0.25) is 14.2 Å². The molecule has 0 aromatic rings. The third kappa shape index (κ3) is 42.8. The number of hydrogen-bond acceptors (Lipinski definition) is 8. The number of carbonyl (C=O) groups excluding carboxylic acids is 2. The van der Waals surface area contributed by atoms with Crippen LogP contribution in [0.25, 0.3) is 0 Å². The monoisotopic (exact) mass is 832 g/mol. The molecule has 0 aliphatic heterocycles. The second-order valence-corrected chi connectivity index (χ2v) is 17.1. The molecule has 0 spiro atoms. The second kappa shape index (κ2) is 39.6. The number of ether oxygens (including phenoxy) is 2. The third-order valence-corrected chi connectivity index (χ3v) is 9.89. The molecule has 1 unspecified atom stereocenters. The van der Waals surface area contributed by atoms with Crippen molar-refractivity contribution >= 4 is 19.8 Å². The molecule has 332 valence electrons. The highest BCUT2D eigenvalue weighted by Gasteiger charge is 2.21. The van der Waals surface area contributed by atoms with Crippen LogP contribution in [0.1, 0.15) is 155 Å². The van der Waals surface area contributed by atoms with Crippen molar-refractivity contribution in [3.63, 3.8) is 0 Å². The summed E-state index contributed by atoms with van der Waals surface area (Å²) in [6.07, 6.45) is 50.7. The molecule has 9 nitrogen and oxygen atoms in total. The van der Waals surface area contributed by atoms with E-state index >= 15 is 0 Å². The molecule has 58 heavy (non-hydrogen) atoms. The maximum absolute atomic E-state index is 12.6. The lowest BCUT2D eigenvalue weighted by Crippen LogP contribution is -2.37. The van der Waals surface area contributed by atoms with Crippen LogP contribution in [0.15, 0.2) is 85.1 Å². The van der Waals surface area contributed by atoms with Gasteiger partial charge in [-0.25, -0.2) is 0 Å². The zero-order chi connectivity index (χ0) is 42.8. The Labute approximate surface area is 354 Å². The summed E-state index contributed by atoms with van der Waals surface area (Å²) in [5, 5.41) is 0. The molecule has 0 heterocycles. The first-order valence-electron chi connectivity index (χ1n) is 22.3. The summed E-state index contributed by atoms with van der Waals surface area (Å²) in [6, 6.07) is 0. The van der Waals surface area contributed by atoms with Crippen LogP contribution in [-0.4, -0.2) is 70.0 Å². The summed E-state index contributed by atoms with van der Waals surface area (Å²) in [4.78, 5) is 37.5. The molecule has 0 aromatic carbocycles. The average Bonchev–Trinajstić information content (AvgIpc) is 3.17. The topological polar surface area (TPSA) is 111 Å². The van der Waals surface area contributed by atoms with Gasteiger partial charge in [0.25, 0.3) is 7.82 Å². The number of phosphoric ester groups is 1. The van der Waals surface area contributed by atoms with E-state index in [9.17, 15) is 19.0 Å². The van der Waals surface area contributed by atoms with Gasteiger partial charge < -0.3 is 27.9 Å². The summed E-state index contributed by atoms with van der Waals surface area (Å²) in [7, 11) is 1.09. The lowest BCUT2D eigenvalue weighted by molar-refractivity contribution is -0.870. The first-order valence-corrected chi connectivity index (χ1v) is 23.8. The lowest BCUT2D eigenvalue weighted by Gasteiger charge is -2.28. The largest absolute Gasteiger partial charge is 0.756 e. The van der Waals surface area contributed by atoms with Crippen molar-refractivity contribution in [1.82, 2.24) is 0 Å². The van der Waals surface area contributed by atoms with Crippen molar-refractivity contribution in [3.8, 4) is 0 Å². The summed E-state index contributed by atoms with van der Waals surface area (Å²) in [6.45, 7) is 3.97. The van der Waals surface area contributed by atoms with E-state index in [0.717, 1.165) is 51.4 Å². The number of carbonyl (C=O) groups is 2. The quantitative estimate of drug-likeness (QED) is 0.0198. The van der Waals surface area contributed by atoms with Gasteiger partial charge in [0.05, 0.1) is 27.7 Å². The van der Waals surface area contributed by atoms with Crippen molar-refractivity contribution in [2.75, 3.05) is 47.5 Å². The number of allylic oxidation sites excluding steroid dienone is 14. The normalized spacial score (nSPS) is 14.4. The van der Waals surface area contributed by atoms with Crippen LogP contribution in [0.4, 0.5) is 0 Å². The predicted molar refractivity (Wildman–Crippen MR) is 240 cm³/mol. The molecule has 0 saturated carbocycles. The Kier molecular flexibility index (Phi) is 37.7. The Hall–Kier alpha value is -2.81. The standard InChI is InChI=1S/C48H82NO8P/c1-6-8-10-12-14-16-18-20-22-23-24-25-27-29-31-33-35-37-39-41-48(51)57-46(45-56-58(52,53)55-43-42-49(3,4)5)44-54-47(50)40-38-36-34-32-30-28-26-21-19-17-15-13-11-9-7-2/h8,10,14,16,20,22,24-25,29,31,34-37,46H,6-7,9,11-13,15,17-19,21,23,26-28,30,32-33,38-45H2,1-5H3/b10-8+,16-14+,22-20+,25-24+,31-29+,36-34+,37-35+/t46-/m1/s1. The van der Waals surface area contributed by atoms with Crippen LogP contribution in [-0.2, 0) is 32.7 Å². The zero-order valence-electron chi connectivity index (χ0n) is 37.2. The van der Waals surface area contributed by atoms with Crippen molar-refractivity contribution < 1.29 is 42.1 Å². The SMILES string of the molecule is CC/C=C/C/C=C/C/C=C/C/C=C/C/C=C/C/C=C/CCC(=O)O[C@H](COC(=O)CC/C=C/CCCCCCCCCCCCC)COP(=O)([O-])OCC[N+](C)(C)C. The highest BCUT2D eigenvalue weighted by atomic mass is 31.2. The fraction of sp³-hybridized carbons (Fsp3) is 0.667. The van der Waals surface area contributed by atoms with Crippen LogP contribution in [0.3, 0.4) is 0 Å². The van der Waals surface area contributed by atoms with Gasteiger partial charge in [0.2, 0.25) is 0 Å². The maximum Gasteiger partial charge on any atom is 0.306 e. The van der Waals surface area contributed by atoms with Crippen molar-refractivity contribution in [2.24, 2.45) is 0 Å². The fourth-order valence-electron chi connectivity index (χ4n) is 5.46. The number of esters is 2. The number of nitrogens with zero attached hydrogens (tertiary/aromatic N) is 1. The summed E-state index contributed by atoms with van der Waals surface area (Å²) in [5.74, 6) is -0.996. The highest BCUT2D eigenvalue weighted by molar-refractivity contribution is 7.45. The molecule has 0 aliphatic rings. The van der Waals surface area contributed by atoms with Crippen LogP contribution in [0, 0.1) is 0 Å². The minimum atomic E-state index is -4.66. The van der Waals surface area contributed by atoms with Crippen LogP contribution in [0.5, 0.6) is 0 Å². The molecule has 0 bridgehead atoms. The molecule has 0 radical (unpaired) electrons. The van der Waals surface area contributed by atoms with E-state index in [1.54, 1.807) is 0 Å². The first-order chi connectivity index (χ1) is 28.0. The Morgan fingerprint density at radius 2 is 0.983 bits per heavy atom. The van der Waals surface area contributed by atoms with E-state index in [2.05, 4.69) is 80.7 Å². The zero-order valence-corrected chi connectivity index (χ0v) is 38.1. The van der Waals surface area contributed by atoms with Gasteiger partial charge in [-0.2, -0.15) is 0 Å². The molecular weight excluding hydrogens is 750 g/mol. The lowest BCUT2D eigenvalue weighted by atomic mass is 10.1. The van der Waals surface area contributed by atoms with Crippen molar-refractivity contribution in [3.05, 3.63) is 85.1 Å². The van der Waals surface area contributed by atoms with E-state index in [1.165, 1.54) is 64.2 Å². The first kappa shape index (κ1) is 55.2. The number of quaternary nitrogens is 1. The fourth-order valence-corrected chi connectivity index (χ4v) is 6.19. The summed E-state index contributed by atoms with van der Waals surface area (Å²) >= 11 is 0. The number of hydrogen-bond donors (Lipinski definition) is 0.